The maximum atomic E-state index is 12.0. The molecular weight excluding hydrogens is 218 g/mol. The van der Waals surface area contributed by atoms with Gasteiger partial charge < -0.3 is 10.1 Å². The maximum absolute atomic E-state index is 12.0. The van der Waals surface area contributed by atoms with E-state index in [1.165, 1.54) is 0 Å². The molecule has 1 atom stereocenters. The van der Waals surface area contributed by atoms with Crippen LogP contribution in [0.2, 0.25) is 0 Å². The van der Waals surface area contributed by atoms with Crippen molar-refractivity contribution in [2.75, 3.05) is 11.9 Å². The Hall–Kier alpha value is -1.84. The number of carbonyl (C=O) groups is 2. The third-order valence-electron chi connectivity index (χ3n) is 3.07. The average molecular weight is 233 g/mol. The highest BCUT2D eigenvalue weighted by molar-refractivity contribution is 6.07. The van der Waals surface area contributed by atoms with E-state index in [0.717, 1.165) is 11.3 Å². The fraction of sp³-hybridized carbons (Fsp3) is 0.385. The van der Waals surface area contributed by atoms with E-state index in [2.05, 4.69) is 5.32 Å². The van der Waals surface area contributed by atoms with E-state index < -0.39 is 5.41 Å². The van der Waals surface area contributed by atoms with E-state index in [0.29, 0.717) is 6.61 Å². The number of carbonyl (C=O) groups excluding carboxylic acids is 2. The lowest BCUT2D eigenvalue weighted by molar-refractivity contribution is -0.146. The van der Waals surface area contributed by atoms with Crippen molar-refractivity contribution in [1.29, 1.82) is 0 Å². The van der Waals surface area contributed by atoms with Gasteiger partial charge in [-0.15, -0.1) is 0 Å². The van der Waals surface area contributed by atoms with Crippen LogP contribution in [0.3, 0.4) is 0 Å². The van der Waals surface area contributed by atoms with Gasteiger partial charge in [0.2, 0.25) is 5.91 Å². The lowest BCUT2D eigenvalue weighted by Gasteiger charge is -2.20. The Morgan fingerprint density at radius 2 is 2.12 bits per heavy atom. The molecule has 1 aromatic carbocycles. The number of rotatable bonds is 3. The van der Waals surface area contributed by atoms with Crippen LogP contribution in [-0.4, -0.2) is 18.5 Å². The highest BCUT2D eigenvalue weighted by atomic mass is 16.5. The standard InChI is InChI=1S/C13H15NO3/c1-3-17-11(15)8-13(2)9-6-4-5-7-10(9)14-12(13)16/h4-7H,3,8H2,1-2H3,(H,14,16). The van der Waals surface area contributed by atoms with Crippen LogP contribution in [0, 0.1) is 0 Å². The summed E-state index contributed by atoms with van der Waals surface area (Å²) in [5.74, 6) is -0.492. The van der Waals surface area contributed by atoms with E-state index in [1.54, 1.807) is 13.8 Å². The Balaban J connectivity index is 2.30. The molecule has 4 heteroatoms. The van der Waals surface area contributed by atoms with E-state index in [4.69, 9.17) is 4.74 Å². The summed E-state index contributed by atoms with van der Waals surface area (Å²) >= 11 is 0. The average Bonchev–Trinajstić information content (AvgIpc) is 2.52. The zero-order valence-corrected chi connectivity index (χ0v) is 9.95. The van der Waals surface area contributed by atoms with E-state index in [9.17, 15) is 9.59 Å². The van der Waals surface area contributed by atoms with E-state index >= 15 is 0 Å². The summed E-state index contributed by atoms with van der Waals surface area (Å²) < 4.78 is 4.91. The Bertz CT molecular complexity index is 469. The zero-order chi connectivity index (χ0) is 12.5. The van der Waals surface area contributed by atoms with Crippen LogP contribution >= 0.6 is 0 Å². The van der Waals surface area contributed by atoms with Crippen molar-refractivity contribution in [3.8, 4) is 0 Å². The van der Waals surface area contributed by atoms with Crippen molar-refractivity contribution in [2.24, 2.45) is 0 Å². The highest BCUT2D eigenvalue weighted by Gasteiger charge is 2.44. The summed E-state index contributed by atoms with van der Waals surface area (Å²) in [5, 5.41) is 2.79. The van der Waals surface area contributed by atoms with Gasteiger partial charge in [0.25, 0.3) is 0 Å². The van der Waals surface area contributed by atoms with Gasteiger partial charge in [0.05, 0.1) is 18.4 Å². The van der Waals surface area contributed by atoms with Crippen LogP contribution in [0.15, 0.2) is 24.3 Å². The molecule has 1 heterocycles. The molecule has 0 aromatic heterocycles. The molecule has 1 unspecified atom stereocenters. The quantitative estimate of drug-likeness (QED) is 0.810. The third kappa shape index (κ3) is 1.90. The van der Waals surface area contributed by atoms with Gasteiger partial charge in [-0.3, -0.25) is 9.59 Å². The number of ether oxygens (including phenoxy) is 1. The van der Waals surface area contributed by atoms with Gasteiger partial charge in [-0.2, -0.15) is 0 Å². The lowest BCUT2D eigenvalue weighted by atomic mass is 9.81. The summed E-state index contributed by atoms with van der Waals surface area (Å²) in [4.78, 5) is 23.5. The largest absolute Gasteiger partial charge is 0.466 e. The van der Waals surface area contributed by atoms with Gasteiger partial charge >= 0.3 is 5.97 Å². The van der Waals surface area contributed by atoms with Gasteiger partial charge in [-0.1, -0.05) is 18.2 Å². The number of esters is 1. The molecule has 2 rings (SSSR count). The monoisotopic (exact) mass is 233 g/mol. The van der Waals surface area contributed by atoms with Crippen molar-refractivity contribution >= 4 is 17.6 Å². The first-order chi connectivity index (χ1) is 8.08. The predicted octanol–water partition coefficient (Wildman–Crippen LogP) is 1.85. The second-order valence-corrected chi connectivity index (χ2v) is 4.31. The van der Waals surface area contributed by atoms with Gasteiger partial charge in [0.1, 0.15) is 0 Å². The minimum Gasteiger partial charge on any atom is -0.466 e. The topological polar surface area (TPSA) is 55.4 Å². The summed E-state index contributed by atoms with van der Waals surface area (Å²) in [5.41, 5.74) is 0.824. The maximum Gasteiger partial charge on any atom is 0.307 e. The summed E-state index contributed by atoms with van der Waals surface area (Å²) in [6.07, 6.45) is 0.0731. The van der Waals surface area contributed by atoms with Gasteiger partial charge in [-0.05, 0) is 25.5 Å². The molecule has 0 saturated heterocycles. The van der Waals surface area contributed by atoms with E-state index in [1.807, 2.05) is 24.3 Å². The van der Waals surface area contributed by atoms with Gasteiger partial charge in [-0.25, -0.2) is 0 Å². The number of amides is 1. The molecule has 17 heavy (non-hydrogen) atoms. The van der Waals surface area contributed by atoms with Crippen molar-refractivity contribution in [3.05, 3.63) is 29.8 Å². The van der Waals surface area contributed by atoms with Crippen molar-refractivity contribution in [1.82, 2.24) is 0 Å². The molecule has 1 aliphatic rings. The third-order valence-corrected chi connectivity index (χ3v) is 3.07. The second-order valence-electron chi connectivity index (χ2n) is 4.31. The molecule has 0 aliphatic carbocycles. The SMILES string of the molecule is CCOC(=O)CC1(C)C(=O)Nc2ccccc21. The molecule has 0 bridgehead atoms. The van der Waals surface area contributed by atoms with Crippen LogP contribution in [0.4, 0.5) is 5.69 Å². The molecule has 1 aliphatic heterocycles. The van der Waals surface area contributed by atoms with Crippen LogP contribution in [0.5, 0.6) is 0 Å². The predicted molar refractivity (Wildman–Crippen MR) is 63.7 cm³/mol. The first kappa shape index (κ1) is 11.6. The second kappa shape index (κ2) is 4.20. The number of hydrogen-bond donors (Lipinski definition) is 1. The first-order valence-electron chi connectivity index (χ1n) is 5.64. The molecular formula is C13H15NO3. The van der Waals surface area contributed by atoms with Crippen molar-refractivity contribution in [3.63, 3.8) is 0 Å². The molecule has 4 nitrogen and oxygen atoms in total. The lowest BCUT2D eigenvalue weighted by Crippen LogP contribution is -2.34. The number of nitrogens with one attached hydrogen (secondary N) is 1. The van der Waals surface area contributed by atoms with Crippen LogP contribution in [0.25, 0.3) is 0 Å². The Kier molecular flexibility index (Phi) is 2.88. The highest BCUT2D eigenvalue weighted by Crippen LogP contribution is 2.39. The van der Waals surface area contributed by atoms with E-state index in [-0.39, 0.29) is 18.3 Å². The van der Waals surface area contributed by atoms with Crippen LogP contribution in [0.1, 0.15) is 25.8 Å². The summed E-state index contributed by atoms with van der Waals surface area (Å²) in [6, 6.07) is 7.42. The molecule has 1 N–H and O–H groups in total. The number of fused-ring (bicyclic) bond motifs is 1. The fourth-order valence-corrected chi connectivity index (χ4v) is 2.13. The fourth-order valence-electron chi connectivity index (χ4n) is 2.13. The Morgan fingerprint density at radius 1 is 1.41 bits per heavy atom. The molecule has 90 valence electrons. The van der Waals surface area contributed by atoms with Crippen LogP contribution < -0.4 is 5.32 Å². The molecule has 1 aromatic rings. The van der Waals surface area contributed by atoms with Gasteiger partial charge in [0, 0.05) is 5.69 Å². The molecule has 0 spiro atoms. The number of hydrogen-bond acceptors (Lipinski definition) is 3. The van der Waals surface area contributed by atoms with Crippen molar-refractivity contribution < 1.29 is 14.3 Å². The molecule has 0 saturated carbocycles. The molecule has 1 amide bonds. The minimum absolute atomic E-state index is 0.0731. The molecule has 0 fully saturated rings. The van der Waals surface area contributed by atoms with Gasteiger partial charge in [0.15, 0.2) is 0 Å². The Morgan fingerprint density at radius 3 is 2.82 bits per heavy atom. The number of anilines is 1. The summed E-state index contributed by atoms with van der Waals surface area (Å²) in [6.45, 7) is 3.85. The smallest absolute Gasteiger partial charge is 0.307 e. The summed E-state index contributed by atoms with van der Waals surface area (Å²) in [7, 11) is 0. The Labute approximate surface area is 100.0 Å². The van der Waals surface area contributed by atoms with Crippen molar-refractivity contribution in [2.45, 2.75) is 25.7 Å². The van der Waals surface area contributed by atoms with Crippen LogP contribution in [-0.2, 0) is 19.7 Å². The first-order valence-corrected chi connectivity index (χ1v) is 5.64. The minimum atomic E-state index is -0.817. The normalized spacial score (nSPS) is 21.9. The number of benzene rings is 1. The number of para-hydroxylation sites is 1. The zero-order valence-electron chi connectivity index (χ0n) is 9.95. The molecule has 0 radical (unpaired) electrons.